The Labute approximate surface area is 143 Å². The minimum atomic E-state index is -3.76. The van der Waals surface area contributed by atoms with E-state index in [-0.39, 0.29) is 30.0 Å². The summed E-state index contributed by atoms with van der Waals surface area (Å²) >= 11 is 0. The molecule has 3 N–H and O–H groups in total. The predicted octanol–water partition coefficient (Wildman–Crippen LogP) is 0.938. The lowest BCUT2D eigenvalue weighted by Crippen LogP contribution is -2.41. The number of amides is 2. The zero-order chi connectivity index (χ0) is 18.3. The number of benzene rings is 1. The first kappa shape index (κ1) is 18.6. The van der Waals surface area contributed by atoms with Crippen molar-refractivity contribution in [2.75, 3.05) is 6.54 Å². The molecule has 0 fully saturated rings. The Morgan fingerprint density at radius 2 is 1.80 bits per heavy atom. The second-order valence-electron chi connectivity index (χ2n) is 4.93. The van der Waals surface area contributed by atoms with Crippen molar-refractivity contribution in [3.63, 3.8) is 0 Å². The van der Waals surface area contributed by atoms with Gasteiger partial charge in [-0.25, -0.2) is 17.5 Å². The number of furan rings is 1. The highest BCUT2D eigenvalue weighted by Crippen LogP contribution is 2.09. The molecule has 0 unspecified atom stereocenters. The van der Waals surface area contributed by atoms with Crippen molar-refractivity contribution in [3.05, 3.63) is 54.2 Å². The van der Waals surface area contributed by atoms with E-state index in [1.807, 2.05) is 0 Å². The summed E-state index contributed by atoms with van der Waals surface area (Å²) in [6, 6.07) is 7.35. The number of nitrogens with one attached hydrogen (secondary N) is 3. The molecule has 0 aliphatic rings. The van der Waals surface area contributed by atoms with Gasteiger partial charge in [0.25, 0.3) is 0 Å². The van der Waals surface area contributed by atoms with Crippen molar-refractivity contribution >= 4 is 21.8 Å². The standard InChI is InChI=1S/C15H16FN3O5S/c16-11-5-7-12(8-6-11)25(22,23)17-9-1-4-14(20)18-19-15(21)13-3-2-10-24-13/h2-3,5-8,10,17H,1,4,9H2,(H,18,20)(H,19,21). The molecule has 0 aliphatic heterocycles. The Bertz CT molecular complexity index is 819. The van der Waals surface area contributed by atoms with Gasteiger partial charge in [-0.2, -0.15) is 0 Å². The largest absolute Gasteiger partial charge is 0.459 e. The number of hydrogen-bond donors (Lipinski definition) is 3. The zero-order valence-corrected chi connectivity index (χ0v) is 13.8. The molecule has 134 valence electrons. The number of sulfonamides is 1. The highest BCUT2D eigenvalue weighted by atomic mass is 32.2. The van der Waals surface area contributed by atoms with Crippen LogP contribution in [0.15, 0.2) is 52.0 Å². The van der Waals surface area contributed by atoms with Crippen LogP contribution in [0.25, 0.3) is 0 Å². The maximum atomic E-state index is 12.8. The molecule has 8 nitrogen and oxygen atoms in total. The molecule has 1 aromatic heterocycles. The molecule has 0 atom stereocenters. The molecule has 0 radical (unpaired) electrons. The summed E-state index contributed by atoms with van der Waals surface area (Å²) in [4.78, 5) is 23.0. The fourth-order valence-corrected chi connectivity index (χ4v) is 2.89. The molecule has 2 amide bonds. The van der Waals surface area contributed by atoms with Gasteiger partial charge in [0.05, 0.1) is 11.2 Å². The van der Waals surface area contributed by atoms with Crippen LogP contribution in [0.2, 0.25) is 0 Å². The van der Waals surface area contributed by atoms with E-state index >= 15 is 0 Å². The quantitative estimate of drug-likeness (QED) is 0.496. The molecule has 0 saturated carbocycles. The lowest BCUT2D eigenvalue weighted by atomic mass is 10.3. The number of halogens is 1. The number of hydrazine groups is 1. The normalized spacial score (nSPS) is 11.1. The maximum Gasteiger partial charge on any atom is 0.305 e. The highest BCUT2D eigenvalue weighted by Gasteiger charge is 2.14. The molecule has 2 rings (SSSR count). The van der Waals surface area contributed by atoms with Gasteiger partial charge < -0.3 is 4.42 Å². The molecule has 1 heterocycles. The predicted molar refractivity (Wildman–Crippen MR) is 85.1 cm³/mol. The molecular weight excluding hydrogens is 353 g/mol. The van der Waals surface area contributed by atoms with Crippen LogP contribution in [0.5, 0.6) is 0 Å². The van der Waals surface area contributed by atoms with Crippen molar-refractivity contribution in [1.29, 1.82) is 0 Å². The Morgan fingerprint density at radius 1 is 1.08 bits per heavy atom. The second-order valence-corrected chi connectivity index (χ2v) is 6.70. The Kier molecular flexibility index (Phi) is 6.25. The SMILES string of the molecule is O=C(CCCNS(=O)(=O)c1ccc(F)cc1)NNC(=O)c1ccco1. The van der Waals surface area contributed by atoms with E-state index in [0.717, 1.165) is 24.3 Å². The van der Waals surface area contributed by atoms with Gasteiger partial charge in [0, 0.05) is 13.0 Å². The minimum Gasteiger partial charge on any atom is -0.459 e. The Morgan fingerprint density at radius 3 is 2.44 bits per heavy atom. The first-order chi connectivity index (χ1) is 11.9. The molecular formula is C15H16FN3O5S. The van der Waals surface area contributed by atoms with Gasteiger partial charge in [0.15, 0.2) is 5.76 Å². The molecule has 0 bridgehead atoms. The number of carbonyl (C=O) groups excluding carboxylic acids is 2. The van der Waals surface area contributed by atoms with Gasteiger partial charge in [-0.3, -0.25) is 20.4 Å². The lowest BCUT2D eigenvalue weighted by Gasteiger charge is -2.08. The fourth-order valence-electron chi connectivity index (χ4n) is 1.81. The third kappa shape index (κ3) is 5.69. The van der Waals surface area contributed by atoms with E-state index in [0.29, 0.717) is 0 Å². The van der Waals surface area contributed by atoms with Crippen molar-refractivity contribution in [1.82, 2.24) is 15.6 Å². The maximum absolute atomic E-state index is 12.8. The summed E-state index contributed by atoms with van der Waals surface area (Å²) in [5, 5.41) is 0. The van der Waals surface area contributed by atoms with Crippen LogP contribution in [-0.2, 0) is 14.8 Å². The van der Waals surface area contributed by atoms with Crippen LogP contribution >= 0.6 is 0 Å². The Hall–Kier alpha value is -2.72. The molecule has 0 aliphatic carbocycles. The average molecular weight is 369 g/mol. The third-order valence-corrected chi connectivity index (χ3v) is 4.53. The molecule has 1 aromatic carbocycles. The van der Waals surface area contributed by atoms with Crippen molar-refractivity contribution in [2.24, 2.45) is 0 Å². The van der Waals surface area contributed by atoms with E-state index in [2.05, 4.69) is 15.6 Å². The topological polar surface area (TPSA) is 118 Å². The average Bonchev–Trinajstić information content (AvgIpc) is 3.11. The molecule has 0 saturated heterocycles. The van der Waals surface area contributed by atoms with Gasteiger partial charge in [0.1, 0.15) is 5.82 Å². The van der Waals surface area contributed by atoms with E-state index in [9.17, 15) is 22.4 Å². The van der Waals surface area contributed by atoms with Gasteiger partial charge in [-0.05, 0) is 42.8 Å². The van der Waals surface area contributed by atoms with E-state index in [1.165, 1.54) is 18.4 Å². The van der Waals surface area contributed by atoms with Gasteiger partial charge in [-0.1, -0.05) is 0 Å². The Balaban J connectivity index is 1.69. The first-order valence-corrected chi connectivity index (χ1v) is 8.75. The third-order valence-electron chi connectivity index (χ3n) is 3.06. The van der Waals surface area contributed by atoms with Crippen LogP contribution in [-0.4, -0.2) is 26.8 Å². The number of rotatable bonds is 7. The van der Waals surface area contributed by atoms with Gasteiger partial charge in [0.2, 0.25) is 15.9 Å². The van der Waals surface area contributed by atoms with E-state index < -0.39 is 27.7 Å². The summed E-state index contributed by atoms with van der Waals surface area (Å²) in [7, 11) is -3.76. The van der Waals surface area contributed by atoms with Crippen LogP contribution < -0.4 is 15.6 Å². The minimum absolute atomic E-state index is 0.00955. The zero-order valence-electron chi connectivity index (χ0n) is 13.0. The highest BCUT2D eigenvalue weighted by molar-refractivity contribution is 7.89. The summed E-state index contributed by atoms with van der Waals surface area (Å²) < 4.78 is 43.8. The second kappa shape index (κ2) is 8.40. The van der Waals surface area contributed by atoms with Gasteiger partial charge >= 0.3 is 5.91 Å². The molecule has 0 spiro atoms. The number of hydrogen-bond acceptors (Lipinski definition) is 5. The smallest absolute Gasteiger partial charge is 0.305 e. The monoisotopic (exact) mass is 369 g/mol. The van der Waals surface area contributed by atoms with Crippen LogP contribution in [0, 0.1) is 5.82 Å². The molecule has 2 aromatic rings. The van der Waals surface area contributed by atoms with E-state index in [1.54, 1.807) is 0 Å². The van der Waals surface area contributed by atoms with Crippen LogP contribution in [0.4, 0.5) is 4.39 Å². The summed E-state index contributed by atoms with van der Waals surface area (Å²) in [6.07, 6.45) is 1.53. The summed E-state index contributed by atoms with van der Waals surface area (Å²) in [5.41, 5.74) is 4.36. The van der Waals surface area contributed by atoms with Gasteiger partial charge in [-0.15, -0.1) is 0 Å². The molecule has 10 heteroatoms. The molecule has 25 heavy (non-hydrogen) atoms. The fraction of sp³-hybridized carbons (Fsp3) is 0.200. The van der Waals surface area contributed by atoms with Crippen LogP contribution in [0.3, 0.4) is 0 Å². The van der Waals surface area contributed by atoms with Crippen molar-refractivity contribution in [3.8, 4) is 0 Å². The first-order valence-electron chi connectivity index (χ1n) is 7.26. The summed E-state index contributed by atoms with van der Waals surface area (Å²) in [5.74, 6) is -1.57. The van der Waals surface area contributed by atoms with Crippen molar-refractivity contribution in [2.45, 2.75) is 17.7 Å². The van der Waals surface area contributed by atoms with E-state index in [4.69, 9.17) is 4.42 Å². The lowest BCUT2D eigenvalue weighted by molar-refractivity contribution is -0.121. The van der Waals surface area contributed by atoms with Crippen LogP contribution in [0.1, 0.15) is 23.4 Å². The summed E-state index contributed by atoms with van der Waals surface area (Å²) in [6.45, 7) is 0.0132. The number of carbonyl (C=O) groups is 2. The van der Waals surface area contributed by atoms with Crippen molar-refractivity contribution < 1.29 is 26.8 Å².